The highest BCUT2D eigenvalue weighted by Gasteiger charge is 2.11. The number of hydrogen-bond donors (Lipinski definition) is 1. The number of imidazole rings is 1. The Balaban J connectivity index is 2.31. The van der Waals surface area contributed by atoms with Crippen LogP contribution in [0.25, 0.3) is 16.7 Å². The number of aryl methyl sites for hydroxylation is 1. The number of nitrogens with zero attached hydrogens (tertiary/aromatic N) is 2. The Kier molecular flexibility index (Phi) is 2.68. The van der Waals surface area contributed by atoms with Gasteiger partial charge in [-0.05, 0) is 42.8 Å². The number of rotatable bonds is 1. The average Bonchev–Trinajstić information content (AvgIpc) is 2.68. The van der Waals surface area contributed by atoms with E-state index in [1.165, 1.54) is 12.1 Å². The molecule has 0 amide bonds. The maximum absolute atomic E-state index is 13.2. The Hall–Kier alpha value is -2.07. The van der Waals surface area contributed by atoms with Crippen molar-refractivity contribution in [3.63, 3.8) is 0 Å². The first-order valence-corrected chi connectivity index (χ1v) is 6.14. The predicted molar refractivity (Wildman–Crippen MR) is 75.2 cm³/mol. The molecule has 2 N–H and O–H groups in total. The van der Waals surface area contributed by atoms with E-state index in [2.05, 4.69) is 4.98 Å². The molecule has 96 valence electrons. The van der Waals surface area contributed by atoms with Gasteiger partial charge in [-0.1, -0.05) is 17.7 Å². The summed E-state index contributed by atoms with van der Waals surface area (Å²) in [6, 6.07) is 10.3. The van der Waals surface area contributed by atoms with Crippen LogP contribution in [0.2, 0.25) is 5.02 Å². The Morgan fingerprint density at radius 3 is 2.74 bits per heavy atom. The lowest BCUT2D eigenvalue weighted by Gasteiger charge is -2.07. The zero-order valence-corrected chi connectivity index (χ0v) is 10.9. The first kappa shape index (κ1) is 12.0. The molecule has 0 unspecified atom stereocenters. The van der Waals surface area contributed by atoms with Gasteiger partial charge in [0.15, 0.2) is 0 Å². The van der Waals surface area contributed by atoms with E-state index < -0.39 is 5.82 Å². The molecular weight excluding hydrogens is 265 g/mol. The van der Waals surface area contributed by atoms with Crippen molar-refractivity contribution in [3.05, 3.63) is 52.8 Å². The van der Waals surface area contributed by atoms with Crippen LogP contribution in [0.4, 0.5) is 10.3 Å². The third-order valence-corrected chi connectivity index (χ3v) is 3.29. The van der Waals surface area contributed by atoms with Gasteiger partial charge in [-0.15, -0.1) is 0 Å². The summed E-state index contributed by atoms with van der Waals surface area (Å²) in [7, 11) is 0. The van der Waals surface area contributed by atoms with E-state index in [0.717, 1.165) is 16.6 Å². The lowest BCUT2D eigenvalue weighted by Crippen LogP contribution is -2.00. The number of halogens is 2. The van der Waals surface area contributed by atoms with Gasteiger partial charge >= 0.3 is 0 Å². The van der Waals surface area contributed by atoms with Crippen LogP contribution in [-0.2, 0) is 0 Å². The molecule has 5 heteroatoms. The summed E-state index contributed by atoms with van der Waals surface area (Å²) in [5.41, 5.74) is 9.40. The fraction of sp³-hybridized carbons (Fsp3) is 0.0714. The van der Waals surface area contributed by atoms with Gasteiger partial charge < -0.3 is 5.73 Å². The standard InChI is InChI=1S/C14H11ClFN3/c1-8-2-5-12-13(6-8)19(14(17)18-12)9-3-4-11(16)10(15)7-9/h2-7H,1H3,(H2,17,18). The van der Waals surface area contributed by atoms with Crippen molar-refractivity contribution in [1.82, 2.24) is 9.55 Å². The van der Waals surface area contributed by atoms with E-state index in [-0.39, 0.29) is 5.02 Å². The molecule has 2 aromatic carbocycles. The van der Waals surface area contributed by atoms with Crippen LogP contribution in [-0.4, -0.2) is 9.55 Å². The number of nitrogens with two attached hydrogens (primary N) is 1. The number of benzene rings is 2. The van der Waals surface area contributed by atoms with Crippen LogP contribution in [0.3, 0.4) is 0 Å². The third kappa shape index (κ3) is 1.94. The molecule has 19 heavy (non-hydrogen) atoms. The van der Waals surface area contributed by atoms with Crippen LogP contribution in [0, 0.1) is 12.7 Å². The number of nitrogen functional groups attached to an aromatic ring is 1. The molecule has 3 nitrogen and oxygen atoms in total. The Morgan fingerprint density at radius 1 is 1.21 bits per heavy atom. The van der Waals surface area contributed by atoms with Crippen LogP contribution >= 0.6 is 11.6 Å². The fourth-order valence-electron chi connectivity index (χ4n) is 2.10. The molecule has 0 aliphatic heterocycles. The molecule has 0 spiro atoms. The summed E-state index contributed by atoms with van der Waals surface area (Å²) in [6.07, 6.45) is 0. The highest BCUT2D eigenvalue weighted by molar-refractivity contribution is 6.30. The molecule has 0 atom stereocenters. The smallest absolute Gasteiger partial charge is 0.205 e. The molecular formula is C14H11ClFN3. The second-order valence-electron chi connectivity index (χ2n) is 4.40. The van der Waals surface area contributed by atoms with E-state index in [1.807, 2.05) is 25.1 Å². The Bertz CT molecular complexity index is 780. The van der Waals surface area contributed by atoms with Crippen LogP contribution < -0.4 is 5.73 Å². The highest BCUT2D eigenvalue weighted by atomic mass is 35.5. The van der Waals surface area contributed by atoms with E-state index in [4.69, 9.17) is 17.3 Å². The summed E-state index contributed by atoms with van der Waals surface area (Å²) < 4.78 is 15.0. The molecule has 0 aliphatic rings. The quantitative estimate of drug-likeness (QED) is 0.736. The van der Waals surface area contributed by atoms with Crippen LogP contribution in [0.5, 0.6) is 0 Å². The lowest BCUT2D eigenvalue weighted by molar-refractivity contribution is 0.628. The minimum absolute atomic E-state index is 0.0615. The topological polar surface area (TPSA) is 43.8 Å². The lowest BCUT2D eigenvalue weighted by atomic mass is 10.2. The van der Waals surface area contributed by atoms with Crippen molar-refractivity contribution in [1.29, 1.82) is 0 Å². The van der Waals surface area contributed by atoms with Crippen molar-refractivity contribution in [2.45, 2.75) is 6.92 Å². The van der Waals surface area contributed by atoms with E-state index in [9.17, 15) is 4.39 Å². The second kappa shape index (κ2) is 4.24. The number of hydrogen-bond acceptors (Lipinski definition) is 2. The van der Waals surface area contributed by atoms with Crippen molar-refractivity contribution >= 4 is 28.6 Å². The zero-order chi connectivity index (χ0) is 13.6. The molecule has 0 radical (unpaired) electrons. The van der Waals surface area contributed by atoms with Gasteiger partial charge in [0, 0.05) is 0 Å². The molecule has 1 aromatic heterocycles. The largest absolute Gasteiger partial charge is 0.369 e. The van der Waals surface area contributed by atoms with Crippen molar-refractivity contribution in [2.24, 2.45) is 0 Å². The summed E-state index contributed by atoms with van der Waals surface area (Å²) in [4.78, 5) is 4.29. The molecule has 0 fully saturated rings. The fourth-order valence-corrected chi connectivity index (χ4v) is 2.27. The number of fused-ring (bicyclic) bond motifs is 1. The van der Waals surface area contributed by atoms with E-state index in [0.29, 0.717) is 11.6 Å². The second-order valence-corrected chi connectivity index (χ2v) is 4.80. The van der Waals surface area contributed by atoms with Gasteiger partial charge in [0.2, 0.25) is 5.95 Å². The van der Waals surface area contributed by atoms with Gasteiger partial charge in [-0.3, -0.25) is 4.57 Å². The number of anilines is 1. The Morgan fingerprint density at radius 2 is 2.00 bits per heavy atom. The predicted octanol–water partition coefficient (Wildman–Crippen LogP) is 3.71. The van der Waals surface area contributed by atoms with Gasteiger partial charge in [0.25, 0.3) is 0 Å². The molecule has 0 bridgehead atoms. The van der Waals surface area contributed by atoms with Crippen LogP contribution in [0.15, 0.2) is 36.4 Å². The van der Waals surface area contributed by atoms with Gasteiger partial charge in [0.1, 0.15) is 5.82 Å². The van der Waals surface area contributed by atoms with Crippen LogP contribution in [0.1, 0.15) is 5.56 Å². The maximum atomic E-state index is 13.2. The number of aromatic nitrogens is 2. The maximum Gasteiger partial charge on any atom is 0.205 e. The molecule has 1 heterocycles. The monoisotopic (exact) mass is 275 g/mol. The summed E-state index contributed by atoms with van der Waals surface area (Å²) in [5, 5.41) is 0.0615. The first-order valence-electron chi connectivity index (χ1n) is 5.76. The average molecular weight is 276 g/mol. The summed E-state index contributed by atoms with van der Waals surface area (Å²) in [6.45, 7) is 1.99. The summed E-state index contributed by atoms with van der Waals surface area (Å²) >= 11 is 5.82. The minimum atomic E-state index is -0.454. The van der Waals surface area contributed by atoms with E-state index >= 15 is 0 Å². The highest BCUT2D eigenvalue weighted by Crippen LogP contribution is 2.26. The normalized spacial score (nSPS) is 11.1. The molecule has 3 aromatic rings. The zero-order valence-electron chi connectivity index (χ0n) is 10.2. The van der Waals surface area contributed by atoms with Crippen molar-refractivity contribution in [2.75, 3.05) is 5.73 Å². The van der Waals surface area contributed by atoms with Crippen molar-refractivity contribution < 1.29 is 4.39 Å². The minimum Gasteiger partial charge on any atom is -0.369 e. The van der Waals surface area contributed by atoms with Gasteiger partial charge in [0.05, 0.1) is 21.7 Å². The molecule has 0 saturated carbocycles. The van der Waals surface area contributed by atoms with Gasteiger partial charge in [-0.25, -0.2) is 9.37 Å². The van der Waals surface area contributed by atoms with Crippen molar-refractivity contribution in [3.8, 4) is 5.69 Å². The Labute approximate surface area is 114 Å². The molecule has 0 saturated heterocycles. The third-order valence-electron chi connectivity index (χ3n) is 3.00. The SMILES string of the molecule is Cc1ccc2nc(N)n(-c3ccc(F)c(Cl)c3)c2c1. The summed E-state index contributed by atoms with van der Waals surface area (Å²) in [5.74, 6) is -0.104. The first-order chi connectivity index (χ1) is 9.06. The van der Waals surface area contributed by atoms with Gasteiger partial charge in [-0.2, -0.15) is 0 Å². The molecule has 3 rings (SSSR count). The molecule has 0 aliphatic carbocycles. The van der Waals surface area contributed by atoms with E-state index in [1.54, 1.807) is 10.6 Å².